The van der Waals surface area contributed by atoms with Crippen LogP contribution in [0.2, 0.25) is 0 Å². The third-order valence-electron chi connectivity index (χ3n) is 3.48. The maximum absolute atomic E-state index is 12.2. The monoisotopic (exact) mass is 352 g/mol. The molecule has 1 N–H and O–H groups in total. The van der Waals surface area contributed by atoms with Crippen molar-refractivity contribution in [3.05, 3.63) is 53.6 Å². The zero-order chi connectivity index (χ0) is 18.9. The van der Waals surface area contributed by atoms with Gasteiger partial charge in [0.25, 0.3) is 5.91 Å². The number of nitrogens with one attached hydrogen (secondary N) is 1. The molecule has 0 radical (unpaired) electrons. The SMILES string of the molecule is COc1cc(C=NNC(=O)c2cccc(N(C)C)c2)ccc1OCC#N. The molecule has 0 aliphatic heterocycles. The molecular weight excluding hydrogens is 332 g/mol. The first-order valence-electron chi connectivity index (χ1n) is 7.83. The first-order valence-corrected chi connectivity index (χ1v) is 7.83. The highest BCUT2D eigenvalue weighted by Gasteiger charge is 2.07. The lowest BCUT2D eigenvalue weighted by Gasteiger charge is -2.12. The number of hydrogen-bond donors (Lipinski definition) is 1. The fraction of sp³-hybridized carbons (Fsp3) is 0.211. The third kappa shape index (κ3) is 4.98. The number of ether oxygens (including phenoxy) is 2. The van der Waals surface area contributed by atoms with E-state index < -0.39 is 0 Å². The van der Waals surface area contributed by atoms with Crippen LogP contribution in [0.15, 0.2) is 47.6 Å². The van der Waals surface area contributed by atoms with Crippen molar-refractivity contribution in [2.24, 2.45) is 5.10 Å². The Morgan fingerprint density at radius 3 is 2.77 bits per heavy atom. The van der Waals surface area contributed by atoms with Crippen LogP contribution in [0.25, 0.3) is 0 Å². The van der Waals surface area contributed by atoms with E-state index in [0.717, 1.165) is 5.69 Å². The van der Waals surface area contributed by atoms with Gasteiger partial charge >= 0.3 is 0 Å². The molecule has 1 amide bonds. The van der Waals surface area contributed by atoms with Crippen molar-refractivity contribution in [1.29, 1.82) is 5.26 Å². The molecule has 7 heteroatoms. The molecule has 0 aliphatic rings. The van der Waals surface area contributed by atoms with E-state index >= 15 is 0 Å². The molecule has 2 aromatic carbocycles. The van der Waals surface area contributed by atoms with E-state index in [2.05, 4.69) is 10.5 Å². The van der Waals surface area contributed by atoms with Crippen LogP contribution in [0, 0.1) is 11.3 Å². The van der Waals surface area contributed by atoms with Gasteiger partial charge in [0, 0.05) is 25.3 Å². The molecule has 0 aliphatic carbocycles. The lowest BCUT2D eigenvalue weighted by atomic mass is 10.2. The Kier molecular flexibility index (Phi) is 6.57. The van der Waals surface area contributed by atoms with Gasteiger partial charge < -0.3 is 14.4 Å². The van der Waals surface area contributed by atoms with Crippen molar-refractivity contribution in [2.45, 2.75) is 0 Å². The molecule has 2 aromatic rings. The number of hydrazone groups is 1. The van der Waals surface area contributed by atoms with Crippen molar-refractivity contribution in [3.63, 3.8) is 0 Å². The van der Waals surface area contributed by atoms with Gasteiger partial charge in [0.1, 0.15) is 6.07 Å². The van der Waals surface area contributed by atoms with Gasteiger partial charge in [0.2, 0.25) is 0 Å². The Bertz CT molecular complexity index is 841. The predicted molar refractivity (Wildman–Crippen MR) is 99.9 cm³/mol. The number of methoxy groups -OCH3 is 1. The molecule has 0 heterocycles. The number of nitrogens with zero attached hydrogens (tertiary/aromatic N) is 3. The normalized spacial score (nSPS) is 10.2. The van der Waals surface area contributed by atoms with Crippen LogP contribution in [-0.2, 0) is 0 Å². The van der Waals surface area contributed by atoms with Crippen LogP contribution in [0.1, 0.15) is 15.9 Å². The van der Waals surface area contributed by atoms with E-state index in [1.807, 2.05) is 37.2 Å². The molecular formula is C19H20N4O3. The molecule has 0 unspecified atom stereocenters. The first-order chi connectivity index (χ1) is 12.5. The van der Waals surface area contributed by atoms with Gasteiger partial charge in [0.05, 0.1) is 13.3 Å². The van der Waals surface area contributed by atoms with E-state index in [4.69, 9.17) is 14.7 Å². The van der Waals surface area contributed by atoms with Crippen LogP contribution in [0.4, 0.5) is 5.69 Å². The summed E-state index contributed by atoms with van der Waals surface area (Å²) in [6.45, 7) is -0.0636. The predicted octanol–water partition coefficient (Wildman–Crippen LogP) is 2.43. The molecule has 7 nitrogen and oxygen atoms in total. The van der Waals surface area contributed by atoms with E-state index in [1.54, 1.807) is 30.3 Å². The Morgan fingerprint density at radius 1 is 1.27 bits per heavy atom. The van der Waals surface area contributed by atoms with Crippen LogP contribution >= 0.6 is 0 Å². The summed E-state index contributed by atoms with van der Waals surface area (Å²) in [6.07, 6.45) is 1.50. The lowest BCUT2D eigenvalue weighted by Crippen LogP contribution is -2.18. The molecule has 0 atom stereocenters. The molecule has 0 aromatic heterocycles. The van der Waals surface area contributed by atoms with Crippen molar-refractivity contribution in [3.8, 4) is 17.6 Å². The van der Waals surface area contributed by atoms with Gasteiger partial charge in [-0.2, -0.15) is 10.4 Å². The second-order valence-electron chi connectivity index (χ2n) is 5.50. The zero-order valence-electron chi connectivity index (χ0n) is 14.9. The molecule has 0 bridgehead atoms. The summed E-state index contributed by atoms with van der Waals surface area (Å²) in [7, 11) is 5.33. The van der Waals surface area contributed by atoms with Gasteiger partial charge in [-0.1, -0.05) is 6.07 Å². The minimum Gasteiger partial charge on any atom is -0.493 e. The molecule has 134 valence electrons. The molecule has 0 saturated heterocycles. The highest BCUT2D eigenvalue weighted by molar-refractivity contribution is 5.95. The first kappa shape index (κ1) is 18.8. The van der Waals surface area contributed by atoms with Gasteiger partial charge in [0.15, 0.2) is 18.1 Å². The highest BCUT2D eigenvalue weighted by Crippen LogP contribution is 2.27. The van der Waals surface area contributed by atoms with Crippen LogP contribution in [-0.4, -0.2) is 39.9 Å². The van der Waals surface area contributed by atoms with Crippen molar-refractivity contribution < 1.29 is 14.3 Å². The standard InChI is InChI=1S/C19H20N4O3/c1-23(2)16-6-4-5-15(12-16)19(24)22-21-13-14-7-8-17(26-10-9-20)18(11-14)25-3/h4-8,11-13H,10H2,1-3H3,(H,22,24). The summed E-state index contributed by atoms with van der Waals surface area (Å²) in [6, 6.07) is 14.3. The average molecular weight is 352 g/mol. The second-order valence-corrected chi connectivity index (χ2v) is 5.50. The largest absolute Gasteiger partial charge is 0.493 e. The quantitative estimate of drug-likeness (QED) is 0.611. The molecule has 0 fully saturated rings. The lowest BCUT2D eigenvalue weighted by molar-refractivity contribution is 0.0955. The topological polar surface area (TPSA) is 86.9 Å². The summed E-state index contributed by atoms with van der Waals surface area (Å²) in [4.78, 5) is 14.1. The van der Waals surface area contributed by atoms with E-state index in [-0.39, 0.29) is 12.5 Å². The number of anilines is 1. The summed E-state index contributed by atoms with van der Waals surface area (Å²) in [5, 5.41) is 12.5. The van der Waals surface area contributed by atoms with E-state index in [0.29, 0.717) is 22.6 Å². The Labute approximate surface area is 152 Å². The van der Waals surface area contributed by atoms with Crippen molar-refractivity contribution in [2.75, 3.05) is 32.7 Å². The Hall–Kier alpha value is -3.53. The molecule has 0 saturated carbocycles. The molecule has 2 rings (SSSR count). The maximum atomic E-state index is 12.2. The third-order valence-corrected chi connectivity index (χ3v) is 3.48. The smallest absolute Gasteiger partial charge is 0.271 e. The maximum Gasteiger partial charge on any atom is 0.271 e. The number of rotatable bonds is 7. The van der Waals surface area contributed by atoms with Crippen molar-refractivity contribution >= 4 is 17.8 Å². The van der Waals surface area contributed by atoms with Crippen LogP contribution < -0.4 is 19.8 Å². The minimum atomic E-state index is -0.300. The van der Waals surface area contributed by atoms with Gasteiger partial charge in [-0.25, -0.2) is 5.43 Å². The zero-order valence-corrected chi connectivity index (χ0v) is 14.9. The fourth-order valence-electron chi connectivity index (χ4n) is 2.15. The molecule has 26 heavy (non-hydrogen) atoms. The highest BCUT2D eigenvalue weighted by atomic mass is 16.5. The van der Waals surface area contributed by atoms with Gasteiger partial charge in [-0.15, -0.1) is 0 Å². The van der Waals surface area contributed by atoms with Gasteiger partial charge in [-0.3, -0.25) is 4.79 Å². The van der Waals surface area contributed by atoms with E-state index in [9.17, 15) is 4.79 Å². The van der Waals surface area contributed by atoms with Crippen LogP contribution in [0.3, 0.4) is 0 Å². The average Bonchev–Trinajstić information content (AvgIpc) is 2.66. The number of hydrogen-bond acceptors (Lipinski definition) is 6. The summed E-state index contributed by atoms with van der Waals surface area (Å²) in [5.41, 5.74) is 4.66. The number of benzene rings is 2. The summed E-state index contributed by atoms with van der Waals surface area (Å²) in [5.74, 6) is 0.649. The number of carbonyl (C=O) groups is 1. The number of carbonyl (C=O) groups excluding carboxylic acids is 1. The minimum absolute atomic E-state index is 0.0636. The number of amides is 1. The van der Waals surface area contributed by atoms with Gasteiger partial charge in [-0.05, 0) is 42.0 Å². The summed E-state index contributed by atoms with van der Waals surface area (Å²) < 4.78 is 10.5. The van der Waals surface area contributed by atoms with Crippen molar-refractivity contribution in [1.82, 2.24) is 5.43 Å². The van der Waals surface area contributed by atoms with Crippen LogP contribution in [0.5, 0.6) is 11.5 Å². The Morgan fingerprint density at radius 2 is 2.08 bits per heavy atom. The van der Waals surface area contributed by atoms with E-state index in [1.165, 1.54) is 13.3 Å². The Balaban J connectivity index is 2.05. The number of nitriles is 1. The summed E-state index contributed by atoms with van der Waals surface area (Å²) >= 11 is 0. The second kappa shape index (κ2) is 9.08. The molecule has 0 spiro atoms. The fourth-order valence-corrected chi connectivity index (χ4v) is 2.15.